The number of urea groups is 1. The maximum absolute atomic E-state index is 13.1. The number of amides is 3. The number of hydrogen-bond acceptors (Lipinski definition) is 3. The average Bonchev–Trinajstić information content (AvgIpc) is 2.58. The zero-order valence-electron chi connectivity index (χ0n) is 14.0. The lowest BCUT2D eigenvalue weighted by molar-refractivity contribution is -0.132. The quantitative estimate of drug-likeness (QED) is 0.742. The monoisotopic (exact) mass is 336 g/mol. The first kappa shape index (κ1) is 18.2. The first-order chi connectivity index (χ1) is 11.6. The van der Waals surface area contributed by atoms with Crippen molar-refractivity contribution in [2.45, 2.75) is 19.3 Å². The van der Waals surface area contributed by atoms with E-state index in [4.69, 9.17) is 0 Å². The van der Waals surface area contributed by atoms with E-state index < -0.39 is 5.82 Å². The molecular weight excluding hydrogens is 311 g/mol. The van der Waals surface area contributed by atoms with Crippen LogP contribution in [0, 0.1) is 11.7 Å². The Labute approximate surface area is 141 Å². The second-order valence-electron chi connectivity index (χ2n) is 6.05. The van der Waals surface area contributed by atoms with Crippen molar-refractivity contribution in [1.82, 2.24) is 15.5 Å². The molecule has 6 nitrogen and oxygen atoms in total. The number of rotatable bonds is 6. The Morgan fingerprint density at radius 2 is 2.21 bits per heavy atom. The van der Waals surface area contributed by atoms with Gasteiger partial charge in [0.15, 0.2) is 0 Å². The normalized spacial score (nSPS) is 17.4. The van der Waals surface area contributed by atoms with Gasteiger partial charge in [0.2, 0.25) is 5.91 Å². The van der Waals surface area contributed by atoms with Gasteiger partial charge in [0, 0.05) is 38.3 Å². The molecule has 1 heterocycles. The summed E-state index contributed by atoms with van der Waals surface area (Å²) in [5, 5.41) is 8.38. The van der Waals surface area contributed by atoms with Gasteiger partial charge in [-0.1, -0.05) is 6.07 Å². The van der Waals surface area contributed by atoms with Gasteiger partial charge in [-0.2, -0.15) is 0 Å². The van der Waals surface area contributed by atoms with Crippen molar-refractivity contribution in [1.29, 1.82) is 0 Å². The van der Waals surface area contributed by atoms with Gasteiger partial charge in [0.25, 0.3) is 0 Å². The third-order valence-corrected chi connectivity index (χ3v) is 4.09. The van der Waals surface area contributed by atoms with Gasteiger partial charge in [-0.15, -0.1) is 0 Å². The predicted octanol–water partition coefficient (Wildman–Crippen LogP) is 1.80. The first-order valence-corrected chi connectivity index (χ1v) is 8.31. The number of anilines is 1. The van der Waals surface area contributed by atoms with Gasteiger partial charge in [-0.25, -0.2) is 9.18 Å². The number of carbonyl (C=O) groups is 2. The SMILES string of the molecule is CNCCC(=O)N1CCCC(CNC(=O)Nc2cccc(F)c2)C1. The summed E-state index contributed by atoms with van der Waals surface area (Å²) in [6, 6.07) is 5.40. The van der Waals surface area contributed by atoms with Gasteiger partial charge in [-0.05, 0) is 44.0 Å². The second kappa shape index (κ2) is 9.22. The summed E-state index contributed by atoms with van der Waals surface area (Å²) in [5.41, 5.74) is 0.417. The van der Waals surface area contributed by atoms with Crippen LogP contribution in [0.25, 0.3) is 0 Å². The van der Waals surface area contributed by atoms with Gasteiger partial charge in [0.05, 0.1) is 0 Å². The lowest BCUT2D eigenvalue weighted by atomic mass is 9.98. The van der Waals surface area contributed by atoms with E-state index in [-0.39, 0.29) is 17.9 Å². The molecule has 24 heavy (non-hydrogen) atoms. The summed E-state index contributed by atoms with van der Waals surface area (Å²) in [6.45, 7) is 2.63. The molecule has 3 N–H and O–H groups in total. The Balaban J connectivity index is 1.74. The molecule has 1 atom stereocenters. The molecule has 0 saturated carbocycles. The lowest BCUT2D eigenvalue weighted by Crippen LogP contribution is -2.44. The fraction of sp³-hybridized carbons (Fsp3) is 0.529. The van der Waals surface area contributed by atoms with E-state index in [0.29, 0.717) is 31.7 Å². The highest BCUT2D eigenvalue weighted by molar-refractivity contribution is 5.89. The molecule has 1 aromatic carbocycles. The van der Waals surface area contributed by atoms with E-state index in [1.54, 1.807) is 12.1 Å². The van der Waals surface area contributed by atoms with Crippen molar-refractivity contribution in [3.63, 3.8) is 0 Å². The van der Waals surface area contributed by atoms with Crippen molar-refractivity contribution in [2.24, 2.45) is 5.92 Å². The number of likely N-dealkylation sites (tertiary alicyclic amines) is 1. The Kier molecular flexibility index (Phi) is 6.99. The van der Waals surface area contributed by atoms with Crippen LogP contribution in [0.2, 0.25) is 0 Å². The number of carbonyl (C=O) groups excluding carboxylic acids is 2. The van der Waals surface area contributed by atoms with Crippen LogP contribution in [0.3, 0.4) is 0 Å². The van der Waals surface area contributed by atoms with Crippen LogP contribution in [-0.4, -0.2) is 50.1 Å². The Morgan fingerprint density at radius 1 is 1.38 bits per heavy atom. The van der Waals surface area contributed by atoms with E-state index in [0.717, 1.165) is 19.4 Å². The minimum Gasteiger partial charge on any atom is -0.342 e. The summed E-state index contributed by atoms with van der Waals surface area (Å²) in [4.78, 5) is 25.8. The molecule has 1 fully saturated rings. The standard InChI is InChI=1S/C17H25FN4O2/c1-19-8-7-16(23)22-9-3-4-13(12-22)11-20-17(24)21-15-6-2-5-14(18)10-15/h2,5-6,10,13,19H,3-4,7-9,11-12H2,1H3,(H2,20,21,24). The molecule has 1 aromatic rings. The summed E-state index contributed by atoms with van der Waals surface area (Å²) < 4.78 is 13.1. The van der Waals surface area contributed by atoms with E-state index in [1.165, 1.54) is 12.1 Å². The summed E-state index contributed by atoms with van der Waals surface area (Å²) in [7, 11) is 1.83. The molecule has 1 aliphatic rings. The van der Waals surface area contributed by atoms with Crippen molar-refractivity contribution in [2.75, 3.05) is 38.5 Å². The molecule has 0 aliphatic carbocycles. The Bertz CT molecular complexity index is 567. The molecule has 1 aliphatic heterocycles. The zero-order chi connectivity index (χ0) is 17.4. The third-order valence-electron chi connectivity index (χ3n) is 4.09. The van der Waals surface area contributed by atoms with E-state index in [9.17, 15) is 14.0 Å². The topological polar surface area (TPSA) is 73.5 Å². The summed E-state index contributed by atoms with van der Waals surface area (Å²) >= 11 is 0. The number of piperidine rings is 1. The van der Waals surface area contributed by atoms with Crippen LogP contribution in [0.15, 0.2) is 24.3 Å². The van der Waals surface area contributed by atoms with Crippen LogP contribution in [0.1, 0.15) is 19.3 Å². The molecule has 0 bridgehead atoms. The summed E-state index contributed by atoms with van der Waals surface area (Å²) in [5.74, 6) is 0.00427. The minimum absolute atomic E-state index is 0.151. The highest BCUT2D eigenvalue weighted by Gasteiger charge is 2.23. The van der Waals surface area contributed by atoms with Crippen LogP contribution in [0.5, 0.6) is 0 Å². The van der Waals surface area contributed by atoms with Crippen molar-refractivity contribution in [3.05, 3.63) is 30.1 Å². The predicted molar refractivity (Wildman–Crippen MR) is 91.3 cm³/mol. The zero-order valence-corrected chi connectivity index (χ0v) is 14.0. The van der Waals surface area contributed by atoms with Gasteiger partial charge in [0.1, 0.15) is 5.82 Å². The number of nitrogens with one attached hydrogen (secondary N) is 3. The van der Waals surface area contributed by atoms with Crippen molar-refractivity contribution in [3.8, 4) is 0 Å². The van der Waals surface area contributed by atoms with E-state index in [2.05, 4.69) is 16.0 Å². The second-order valence-corrected chi connectivity index (χ2v) is 6.05. The molecular formula is C17H25FN4O2. The van der Waals surface area contributed by atoms with E-state index >= 15 is 0 Å². The highest BCUT2D eigenvalue weighted by Crippen LogP contribution is 2.16. The first-order valence-electron chi connectivity index (χ1n) is 8.31. The molecule has 2 rings (SSSR count). The molecule has 0 aromatic heterocycles. The average molecular weight is 336 g/mol. The number of benzene rings is 1. The van der Waals surface area contributed by atoms with Crippen LogP contribution >= 0.6 is 0 Å². The fourth-order valence-corrected chi connectivity index (χ4v) is 2.83. The molecule has 0 radical (unpaired) electrons. The smallest absolute Gasteiger partial charge is 0.319 e. The van der Waals surface area contributed by atoms with Crippen molar-refractivity contribution >= 4 is 17.6 Å². The van der Waals surface area contributed by atoms with E-state index in [1.807, 2.05) is 11.9 Å². The van der Waals surface area contributed by atoms with Gasteiger partial charge in [-0.3, -0.25) is 4.79 Å². The third kappa shape index (κ3) is 5.81. The number of halogens is 1. The Morgan fingerprint density at radius 3 is 2.96 bits per heavy atom. The highest BCUT2D eigenvalue weighted by atomic mass is 19.1. The fourth-order valence-electron chi connectivity index (χ4n) is 2.83. The largest absolute Gasteiger partial charge is 0.342 e. The number of nitrogens with zero attached hydrogens (tertiary/aromatic N) is 1. The minimum atomic E-state index is -0.393. The maximum atomic E-state index is 13.1. The van der Waals surface area contributed by atoms with Gasteiger partial charge < -0.3 is 20.9 Å². The Hall–Kier alpha value is -2.15. The van der Waals surface area contributed by atoms with Crippen molar-refractivity contribution < 1.29 is 14.0 Å². The molecule has 3 amide bonds. The van der Waals surface area contributed by atoms with Crippen LogP contribution < -0.4 is 16.0 Å². The molecule has 1 saturated heterocycles. The molecule has 7 heteroatoms. The summed E-state index contributed by atoms with van der Waals surface area (Å²) in [6.07, 6.45) is 2.43. The van der Waals surface area contributed by atoms with Crippen LogP contribution in [0.4, 0.5) is 14.9 Å². The molecule has 132 valence electrons. The lowest BCUT2D eigenvalue weighted by Gasteiger charge is -2.33. The maximum Gasteiger partial charge on any atom is 0.319 e. The molecule has 1 unspecified atom stereocenters. The molecule has 0 spiro atoms. The van der Waals surface area contributed by atoms with Gasteiger partial charge >= 0.3 is 6.03 Å². The van der Waals surface area contributed by atoms with Crippen LogP contribution in [-0.2, 0) is 4.79 Å². The number of hydrogen-bond donors (Lipinski definition) is 3.